The van der Waals surface area contributed by atoms with Gasteiger partial charge in [0.05, 0.1) is 18.4 Å². The molecule has 0 saturated heterocycles. The van der Waals surface area contributed by atoms with Crippen LogP contribution in [0, 0.1) is 0 Å². The van der Waals surface area contributed by atoms with E-state index in [1.54, 1.807) is 29.5 Å². The molecule has 0 amide bonds. The molecule has 1 aromatic carbocycles. The Hall–Kier alpha value is -1.88. The Morgan fingerprint density at radius 2 is 2.10 bits per heavy atom. The molecule has 2 rings (SSSR count). The highest BCUT2D eigenvalue weighted by atomic mass is 32.1. The van der Waals surface area contributed by atoms with Crippen molar-refractivity contribution in [3.63, 3.8) is 0 Å². The highest BCUT2D eigenvalue weighted by Gasteiger charge is 2.17. The first-order chi connectivity index (χ1) is 9.90. The molecule has 0 unspecified atom stereocenters. The molecule has 0 bridgehead atoms. The predicted octanol–water partition coefficient (Wildman–Crippen LogP) is 3.81. The van der Waals surface area contributed by atoms with Crippen molar-refractivity contribution < 1.29 is 14.3 Å². The van der Waals surface area contributed by atoms with Crippen molar-refractivity contribution in [1.29, 1.82) is 0 Å². The minimum absolute atomic E-state index is 0.0412. The lowest BCUT2D eigenvalue weighted by Gasteiger charge is -2.14. The second-order valence-corrected chi connectivity index (χ2v) is 6.63. The number of benzene rings is 1. The summed E-state index contributed by atoms with van der Waals surface area (Å²) in [5, 5.41) is 2.98. The van der Waals surface area contributed by atoms with Gasteiger partial charge in [-0.1, -0.05) is 26.8 Å². The zero-order valence-corrected chi connectivity index (χ0v) is 13.5. The first kappa shape index (κ1) is 15.5. The van der Waals surface area contributed by atoms with Crippen LogP contribution < -0.4 is 4.74 Å². The van der Waals surface area contributed by atoms with Crippen LogP contribution in [0.3, 0.4) is 0 Å². The second-order valence-electron chi connectivity index (χ2n) is 5.68. The molecule has 4 nitrogen and oxygen atoms in total. The number of carbonyl (C=O) groups is 1. The molecule has 0 atom stereocenters. The standard InChI is InChI=1S/C16H19NO3S/c1-16(2,3)13-10-21-14(17-13)9-20-12-7-5-6-11(8-12)15(18)19-4/h5-8,10H,9H2,1-4H3. The van der Waals surface area contributed by atoms with Crippen LogP contribution in [-0.4, -0.2) is 18.1 Å². The van der Waals surface area contributed by atoms with Crippen molar-refractivity contribution >= 4 is 17.3 Å². The maximum atomic E-state index is 11.5. The Morgan fingerprint density at radius 1 is 1.33 bits per heavy atom. The van der Waals surface area contributed by atoms with Crippen molar-refractivity contribution in [2.45, 2.75) is 32.8 Å². The van der Waals surface area contributed by atoms with Crippen LogP contribution in [0.15, 0.2) is 29.6 Å². The van der Waals surface area contributed by atoms with Gasteiger partial charge < -0.3 is 9.47 Å². The Labute approximate surface area is 128 Å². The number of thiazole rings is 1. The number of ether oxygens (including phenoxy) is 2. The molecular formula is C16H19NO3S. The van der Waals surface area contributed by atoms with Gasteiger partial charge in [-0.15, -0.1) is 11.3 Å². The fraction of sp³-hybridized carbons (Fsp3) is 0.375. The largest absolute Gasteiger partial charge is 0.486 e. The van der Waals surface area contributed by atoms with E-state index in [4.69, 9.17) is 9.47 Å². The van der Waals surface area contributed by atoms with E-state index in [1.807, 2.05) is 6.07 Å². The minimum Gasteiger partial charge on any atom is -0.486 e. The summed E-state index contributed by atoms with van der Waals surface area (Å²) in [4.78, 5) is 16.0. The van der Waals surface area contributed by atoms with Crippen molar-refractivity contribution in [1.82, 2.24) is 4.98 Å². The second kappa shape index (κ2) is 6.26. The molecule has 0 radical (unpaired) electrons. The maximum Gasteiger partial charge on any atom is 0.337 e. The zero-order chi connectivity index (χ0) is 15.5. The number of rotatable bonds is 4. The third kappa shape index (κ3) is 4.04. The quantitative estimate of drug-likeness (QED) is 0.806. The molecular weight excluding hydrogens is 286 g/mol. The topological polar surface area (TPSA) is 48.4 Å². The number of esters is 1. The molecule has 0 aliphatic rings. The lowest BCUT2D eigenvalue weighted by Crippen LogP contribution is -2.11. The van der Waals surface area contributed by atoms with Crippen LogP contribution in [0.1, 0.15) is 41.8 Å². The number of nitrogens with zero attached hydrogens (tertiary/aromatic N) is 1. The number of carbonyl (C=O) groups excluding carboxylic acids is 1. The third-order valence-electron chi connectivity index (χ3n) is 2.94. The SMILES string of the molecule is COC(=O)c1cccc(OCc2nc(C(C)(C)C)cs2)c1. The Balaban J connectivity index is 2.03. The van der Waals surface area contributed by atoms with Gasteiger partial charge in [-0.25, -0.2) is 9.78 Å². The van der Waals surface area contributed by atoms with E-state index in [0.717, 1.165) is 10.7 Å². The van der Waals surface area contributed by atoms with Crippen molar-refractivity contribution in [2.75, 3.05) is 7.11 Å². The molecule has 0 aliphatic heterocycles. The zero-order valence-electron chi connectivity index (χ0n) is 12.7. The van der Waals surface area contributed by atoms with E-state index < -0.39 is 0 Å². The van der Waals surface area contributed by atoms with E-state index in [9.17, 15) is 4.79 Å². The summed E-state index contributed by atoms with van der Waals surface area (Å²) in [5.41, 5.74) is 1.58. The van der Waals surface area contributed by atoms with Crippen molar-refractivity contribution in [3.05, 3.63) is 45.9 Å². The van der Waals surface area contributed by atoms with Gasteiger partial charge in [0.25, 0.3) is 0 Å². The third-order valence-corrected chi connectivity index (χ3v) is 3.76. The fourth-order valence-electron chi connectivity index (χ4n) is 1.70. The minimum atomic E-state index is -0.371. The number of methoxy groups -OCH3 is 1. The molecule has 0 N–H and O–H groups in total. The number of aromatic nitrogens is 1. The summed E-state index contributed by atoms with van der Waals surface area (Å²) in [7, 11) is 1.36. The van der Waals surface area contributed by atoms with E-state index in [1.165, 1.54) is 7.11 Å². The average Bonchev–Trinajstić information content (AvgIpc) is 2.93. The molecule has 0 fully saturated rings. The van der Waals surface area contributed by atoms with Gasteiger partial charge in [-0.05, 0) is 18.2 Å². The lowest BCUT2D eigenvalue weighted by atomic mass is 9.93. The number of hydrogen-bond acceptors (Lipinski definition) is 5. The Morgan fingerprint density at radius 3 is 2.71 bits per heavy atom. The smallest absolute Gasteiger partial charge is 0.337 e. The fourth-order valence-corrected chi connectivity index (χ4v) is 2.63. The predicted molar refractivity (Wildman–Crippen MR) is 82.9 cm³/mol. The molecule has 112 valence electrons. The molecule has 5 heteroatoms. The monoisotopic (exact) mass is 305 g/mol. The van der Waals surface area contributed by atoms with Crippen LogP contribution in [0.25, 0.3) is 0 Å². The van der Waals surface area contributed by atoms with Gasteiger partial charge in [0.1, 0.15) is 17.4 Å². The van der Waals surface area contributed by atoms with Gasteiger partial charge in [-0.2, -0.15) is 0 Å². The summed E-state index contributed by atoms with van der Waals surface area (Å²) in [5.74, 6) is 0.259. The summed E-state index contributed by atoms with van der Waals surface area (Å²) in [6.07, 6.45) is 0. The van der Waals surface area contributed by atoms with E-state index >= 15 is 0 Å². The average molecular weight is 305 g/mol. The van der Waals surface area contributed by atoms with Crippen molar-refractivity contribution in [2.24, 2.45) is 0 Å². The molecule has 0 saturated carbocycles. The van der Waals surface area contributed by atoms with Crippen molar-refractivity contribution in [3.8, 4) is 5.75 Å². The molecule has 21 heavy (non-hydrogen) atoms. The molecule has 1 aromatic heterocycles. The van der Waals surface area contributed by atoms with Gasteiger partial charge in [0, 0.05) is 10.8 Å². The van der Waals surface area contributed by atoms with Crippen LogP contribution in [0.2, 0.25) is 0 Å². The van der Waals surface area contributed by atoms with Gasteiger partial charge >= 0.3 is 5.97 Å². The highest BCUT2D eigenvalue weighted by molar-refractivity contribution is 7.09. The molecule has 2 aromatic rings. The molecule has 0 aliphatic carbocycles. The number of hydrogen-bond donors (Lipinski definition) is 0. The lowest BCUT2D eigenvalue weighted by molar-refractivity contribution is 0.0600. The first-order valence-electron chi connectivity index (χ1n) is 6.66. The van der Waals surface area contributed by atoms with Gasteiger partial charge in [-0.3, -0.25) is 0 Å². The Kier molecular flexibility index (Phi) is 4.63. The Bertz CT molecular complexity index is 628. The van der Waals surface area contributed by atoms with Gasteiger partial charge in [0.15, 0.2) is 0 Å². The van der Waals surface area contributed by atoms with Gasteiger partial charge in [0.2, 0.25) is 0 Å². The summed E-state index contributed by atoms with van der Waals surface area (Å²) in [6, 6.07) is 6.94. The van der Waals surface area contributed by atoms with Crippen LogP contribution in [0.4, 0.5) is 0 Å². The summed E-state index contributed by atoms with van der Waals surface area (Å²) in [6.45, 7) is 6.79. The van der Waals surface area contributed by atoms with Crippen LogP contribution in [0.5, 0.6) is 5.75 Å². The van der Waals surface area contributed by atoms with E-state index in [-0.39, 0.29) is 11.4 Å². The van der Waals surface area contributed by atoms with E-state index in [2.05, 4.69) is 31.1 Å². The summed E-state index contributed by atoms with van der Waals surface area (Å²) < 4.78 is 10.4. The van der Waals surface area contributed by atoms with Crippen LogP contribution in [-0.2, 0) is 16.8 Å². The van der Waals surface area contributed by atoms with Crippen LogP contribution >= 0.6 is 11.3 Å². The summed E-state index contributed by atoms with van der Waals surface area (Å²) >= 11 is 1.58. The normalized spacial score (nSPS) is 11.2. The van der Waals surface area contributed by atoms with E-state index in [0.29, 0.717) is 17.9 Å². The first-order valence-corrected chi connectivity index (χ1v) is 7.54. The highest BCUT2D eigenvalue weighted by Crippen LogP contribution is 2.24. The maximum absolute atomic E-state index is 11.5. The molecule has 0 spiro atoms. The molecule has 1 heterocycles.